The lowest BCUT2D eigenvalue weighted by molar-refractivity contribution is 0.0605. The summed E-state index contributed by atoms with van der Waals surface area (Å²) in [5.74, 6) is 0.0390. The predicted octanol–water partition coefficient (Wildman–Crippen LogP) is 0.575. The first-order valence-corrected chi connectivity index (χ1v) is 7.92. The molecular formula is C15H20N4O3. The summed E-state index contributed by atoms with van der Waals surface area (Å²) in [6, 6.07) is -0.00532. The van der Waals surface area contributed by atoms with Crippen molar-refractivity contribution < 1.29 is 14.3 Å². The van der Waals surface area contributed by atoms with Crippen LogP contribution in [0.5, 0.6) is 0 Å². The van der Waals surface area contributed by atoms with Gasteiger partial charge < -0.3 is 9.64 Å². The molecular weight excluding hydrogens is 284 g/mol. The van der Waals surface area contributed by atoms with Crippen molar-refractivity contribution in [2.45, 2.75) is 31.7 Å². The van der Waals surface area contributed by atoms with E-state index in [1.807, 2.05) is 11.9 Å². The third kappa shape index (κ3) is 1.99. The van der Waals surface area contributed by atoms with Gasteiger partial charge in [-0.1, -0.05) is 0 Å². The van der Waals surface area contributed by atoms with E-state index in [1.54, 1.807) is 9.58 Å². The quantitative estimate of drug-likeness (QED) is 0.761. The molecule has 0 aromatic carbocycles. The molecule has 2 aliphatic heterocycles. The van der Waals surface area contributed by atoms with Gasteiger partial charge in [0, 0.05) is 32.2 Å². The Balaban J connectivity index is 1.58. The molecule has 1 aromatic heterocycles. The van der Waals surface area contributed by atoms with Gasteiger partial charge in [-0.15, -0.1) is 0 Å². The monoisotopic (exact) mass is 304 g/mol. The van der Waals surface area contributed by atoms with Crippen LogP contribution in [-0.2, 0) is 24.6 Å². The zero-order valence-electron chi connectivity index (χ0n) is 12.7. The van der Waals surface area contributed by atoms with Gasteiger partial charge in [0.2, 0.25) is 0 Å². The van der Waals surface area contributed by atoms with Crippen molar-refractivity contribution in [2.24, 2.45) is 7.05 Å². The van der Waals surface area contributed by atoms with Crippen LogP contribution < -0.4 is 0 Å². The average molecular weight is 304 g/mol. The molecule has 7 nitrogen and oxygen atoms in total. The number of rotatable bonds is 1. The van der Waals surface area contributed by atoms with Crippen LogP contribution in [0.15, 0.2) is 0 Å². The Kier molecular flexibility index (Phi) is 3.09. The standard InChI is InChI=1S/C15H20N4O3/c1-17-13(11-4-2-3-5-12(11)16-17)14(20)18-6-7-19-10(8-18)9-22-15(19)21/h10H,2-9H2,1H3/t10-/m0/s1. The van der Waals surface area contributed by atoms with Crippen LogP contribution in [0.3, 0.4) is 0 Å². The smallest absolute Gasteiger partial charge is 0.410 e. The van der Waals surface area contributed by atoms with E-state index in [1.165, 1.54) is 0 Å². The number of carbonyl (C=O) groups is 2. The number of cyclic esters (lactones) is 1. The van der Waals surface area contributed by atoms with Gasteiger partial charge in [0.15, 0.2) is 0 Å². The highest BCUT2D eigenvalue weighted by Crippen LogP contribution is 2.26. The fourth-order valence-corrected chi connectivity index (χ4v) is 3.77. The van der Waals surface area contributed by atoms with E-state index >= 15 is 0 Å². The first kappa shape index (κ1) is 13.6. The van der Waals surface area contributed by atoms with Crippen LogP contribution >= 0.6 is 0 Å². The van der Waals surface area contributed by atoms with Crippen LogP contribution in [0.1, 0.15) is 34.6 Å². The zero-order valence-corrected chi connectivity index (χ0v) is 12.7. The van der Waals surface area contributed by atoms with E-state index in [0.29, 0.717) is 26.2 Å². The maximum absolute atomic E-state index is 12.9. The second kappa shape index (κ2) is 5.00. The lowest BCUT2D eigenvalue weighted by atomic mass is 9.95. The summed E-state index contributed by atoms with van der Waals surface area (Å²) in [4.78, 5) is 28.1. The number of hydrogen-bond acceptors (Lipinski definition) is 4. The van der Waals surface area contributed by atoms with Crippen molar-refractivity contribution in [2.75, 3.05) is 26.2 Å². The Morgan fingerprint density at radius 3 is 2.95 bits per heavy atom. The molecule has 0 N–H and O–H groups in total. The van der Waals surface area contributed by atoms with Crippen LogP contribution in [-0.4, -0.2) is 63.9 Å². The Labute approximate surface area is 128 Å². The topological polar surface area (TPSA) is 67.7 Å². The van der Waals surface area contributed by atoms with Gasteiger partial charge in [0.05, 0.1) is 11.7 Å². The molecule has 7 heteroatoms. The molecule has 3 heterocycles. The number of nitrogens with zero attached hydrogens (tertiary/aromatic N) is 4. The molecule has 2 saturated heterocycles. The van der Waals surface area contributed by atoms with Gasteiger partial charge in [-0.05, 0) is 25.7 Å². The molecule has 22 heavy (non-hydrogen) atoms. The van der Waals surface area contributed by atoms with Crippen LogP contribution in [0.25, 0.3) is 0 Å². The second-order valence-corrected chi connectivity index (χ2v) is 6.28. The van der Waals surface area contributed by atoms with Crippen LogP contribution in [0.2, 0.25) is 0 Å². The summed E-state index contributed by atoms with van der Waals surface area (Å²) in [6.45, 7) is 2.04. The Bertz CT molecular complexity index is 639. The molecule has 3 aliphatic rings. The van der Waals surface area contributed by atoms with Crippen molar-refractivity contribution in [3.8, 4) is 0 Å². The number of ether oxygens (including phenoxy) is 1. The fraction of sp³-hybridized carbons (Fsp3) is 0.667. The molecule has 1 aliphatic carbocycles. The first-order chi connectivity index (χ1) is 10.6. The SMILES string of the molecule is Cn1nc2c(c1C(=O)N1CCN3C(=O)OC[C@@H]3C1)CCCC2. The van der Waals surface area contributed by atoms with E-state index in [0.717, 1.165) is 42.6 Å². The summed E-state index contributed by atoms with van der Waals surface area (Å²) >= 11 is 0. The van der Waals surface area contributed by atoms with Gasteiger partial charge in [-0.3, -0.25) is 14.4 Å². The van der Waals surface area contributed by atoms with Crippen molar-refractivity contribution in [3.63, 3.8) is 0 Å². The van der Waals surface area contributed by atoms with Crippen molar-refractivity contribution in [1.29, 1.82) is 0 Å². The van der Waals surface area contributed by atoms with E-state index in [2.05, 4.69) is 5.10 Å². The molecule has 1 atom stereocenters. The molecule has 2 amide bonds. The van der Waals surface area contributed by atoms with Crippen LogP contribution in [0.4, 0.5) is 4.79 Å². The molecule has 4 rings (SSSR count). The molecule has 0 radical (unpaired) electrons. The molecule has 0 bridgehead atoms. The predicted molar refractivity (Wildman–Crippen MR) is 77.6 cm³/mol. The lowest BCUT2D eigenvalue weighted by Crippen LogP contribution is -2.54. The van der Waals surface area contributed by atoms with E-state index in [-0.39, 0.29) is 18.0 Å². The van der Waals surface area contributed by atoms with Crippen molar-refractivity contribution in [3.05, 3.63) is 17.0 Å². The minimum atomic E-state index is -0.255. The number of piperazine rings is 1. The summed E-state index contributed by atoms with van der Waals surface area (Å²) in [6.07, 6.45) is 3.93. The maximum Gasteiger partial charge on any atom is 0.410 e. The number of carbonyl (C=O) groups excluding carboxylic acids is 2. The maximum atomic E-state index is 12.9. The highest BCUT2D eigenvalue weighted by molar-refractivity contribution is 5.94. The van der Waals surface area contributed by atoms with Crippen LogP contribution in [0, 0.1) is 0 Å². The first-order valence-electron chi connectivity index (χ1n) is 7.92. The van der Waals surface area contributed by atoms with Gasteiger partial charge in [0.1, 0.15) is 12.3 Å². The van der Waals surface area contributed by atoms with Gasteiger partial charge in [-0.2, -0.15) is 5.10 Å². The molecule has 118 valence electrons. The third-order valence-corrected chi connectivity index (χ3v) is 4.93. The summed E-state index contributed by atoms with van der Waals surface area (Å²) in [7, 11) is 1.85. The third-order valence-electron chi connectivity index (χ3n) is 4.93. The molecule has 0 unspecified atom stereocenters. The molecule has 1 aromatic rings. The van der Waals surface area contributed by atoms with E-state index in [9.17, 15) is 9.59 Å². The fourth-order valence-electron chi connectivity index (χ4n) is 3.77. The van der Waals surface area contributed by atoms with Crippen molar-refractivity contribution in [1.82, 2.24) is 19.6 Å². The molecule has 0 spiro atoms. The van der Waals surface area contributed by atoms with Crippen molar-refractivity contribution >= 4 is 12.0 Å². The number of aromatic nitrogens is 2. The number of aryl methyl sites for hydroxylation is 2. The normalized spacial score (nSPS) is 24.0. The Hall–Kier alpha value is -2.05. The average Bonchev–Trinajstić information content (AvgIpc) is 3.06. The van der Waals surface area contributed by atoms with E-state index < -0.39 is 0 Å². The number of amides is 2. The second-order valence-electron chi connectivity index (χ2n) is 6.28. The zero-order chi connectivity index (χ0) is 15.3. The lowest BCUT2D eigenvalue weighted by Gasteiger charge is -2.35. The van der Waals surface area contributed by atoms with E-state index in [4.69, 9.17) is 4.74 Å². The van der Waals surface area contributed by atoms with Gasteiger partial charge in [-0.25, -0.2) is 4.79 Å². The Morgan fingerprint density at radius 1 is 1.27 bits per heavy atom. The summed E-state index contributed by atoms with van der Waals surface area (Å²) in [5.41, 5.74) is 2.93. The number of fused-ring (bicyclic) bond motifs is 2. The minimum absolute atomic E-state index is 0.00532. The largest absolute Gasteiger partial charge is 0.447 e. The van der Waals surface area contributed by atoms with Gasteiger partial charge in [0.25, 0.3) is 5.91 Å². The highest BCUT2D eigenvalue weighted by atomic mass is 16.6. The number of hydrogen-bond donors (Lipinski definition) is 0. The summed E-state index contributed by atoms with van der Waals surface area (Å²) in [5, 5.41) is 4.53. The minimum Gasteiger partial charge on any atom is -0.447 e. The highest BCUT2D eigenvalue weighted by Gasteiger charge is 2.40. The summed E-state index contributed by atoms with van der Waals surface area (Å²) < 4.78 is 6.80. The molecule has 2 fully saturated rings. The Morgan fingerprint density at radius 2 is 2.09 bits per heavy atom. The van der Waals surface area contributed by atoms with Gasteiger partial charge >= 0.3 is 6.09 Å². The molecule has 0 saturated carbocycles.